The number of piperidine rings is 1. The molecule has 1 unspecified atom stereocenters. The van der Waals surface area contributed by atoms with Gasteiger partial charge in [-0.3, -0.25) is 9.78 Å². The van der Waals surface area contributed by atoms with Crippen LogP contribution in [-0.4, -0.2) is 46.3 Å². The van der Waals surface area contributed by atoms with Crippen LogP contribution in [0.2, 0.25) is 0 Å². The molecule has 0 aliphatic carbocycles. The van der Waals surface area contributed by atoms with E-state index in [9.17, 15) is 23.1 Å². The van der Waals surface area contributed by atoms with Crippen molar-refractivity contribution in [1.29, 1.82) is 0 Å². The average Bonchev–Trinajstić information content (AvgIpc) is 2.52. The fourth-order valence-electron chi connectivity index (χ4n) is 2.77. The predicted octanol–water partition coefficient (Wildman–Crippen LogP) is 2.42. The van der Waals surface area contributed by atoms with E-state index in [1.165, 1.54) is 6.20 Å². The Hall–Kier alpha value is -1.63. The van der Waals surface area contributed by atoms with Gasteiger partial charge in [0.1, 0.15) is 0 Å². The lowest BCUT2D eigenvalue weighted by Crippen LogP contribution is -2.45. The van der Waals surface area contributed by atoms with E-state index < -0.39 is 18.2 Å². The summed E-state index contributed by atoms with van der Waals surface area (Å²) in [6.07, 6.45) is -2.77. The van der Waals surface area contributed by atoms with Crippen molar-refractivity contribution in [2.75, 3.05) is 13.1 Å². The molecule has 4 nitrogen and oxygen atoms in total. The molecule has 1 aromatic rings. The number of likely N-dealkylation sites (tertiary alicyclic amines) is 1. The summed E-state index contributed by atoms with van der Waals surface area (Å²) in [6.45, 7) is 2.37. The largest absolute Gasteiger partial charge is 0.414 e. The second kappa shape index (κ2) is 6.64. The summed E-state index contributed by atoms with van der Waals surface area (Å²) in [5.41, 5.74) is 1.37. The number of alkyl halides is 3. The zero-order chi connectivity index (χ0) is 16.3. The Morgan fingerprint density at radius 2 is 2.09 bits per heavy atom. The van der Waals surface area contributed by atoms with Crippen molar-refractivity contribution >= 4 is 5.91 Å². The number of rotatable bonds is 3. The second-order valence-corrected chi connectivity index (χ2v) is 5.50. The summed E-state index contributed by atoms with van der Waals surface area (Å²) in [5, 5.41) is 9.30. The van der Waals surface area contributed by atoms with Gasteiger partial charge in [-0.2, -0.15) is 13.2 Å². The Bertz CT molecular complexity index is 526. The molecule has 122 valence electrons. The number of carbonyl (C=O) groups excluding carboxylic acids is 1. The zero-order valence-electron chi connectivity index (χ0n) is 12.3. The van der Waals surface area contributed by atoms with Crippen molar-refractivity contribution in [2.24, 2.45) is 5.92 Å². The first kappa shape index (κ1) is 16.7. The highest BCUT2D eigenvalue weighted by Crippen LogP contribution is 2.32. The Morgan fingerprint density at radius 3 is 2.64 bits per heavy atom. The van der Waals surface area contributed by atoms with Crippen LogP contribution in [0.5, 0.6) is 0 Å². The maximum Gasteiger partial charge on any atom is 0.414 e. The number of aliphatic hydroxyl groups is 1. The Labute approximate surface area is 127 Å². The van der Waals surface area contributed by atoms with Gasteiger partial charge in [0.05, 0.1) is 0 Å². The molecular formula is C15H19F3N2O2. The lowest BCUT2D eigenvalue weighted by molar-refractivity contribution is -0.222. The van der Waals surface area contributed by atoms with E-state index in [0.29, 0.717) is 12.0 Å². The van der Waals surface area contributed by atoms with Crippen LogP contribution in [0.3, 0.4) is 0 Å². The van der Waals surface area contributed by atoms with Crippen LogP contribution in [0.4, 0.5) is 13.2 Å². The maximum atomic E-state index is 12.5. The number of amides is 1. The van der Waals surface area contributed by atoms with E-state index in [1.807, 2.05) is 6.92 Å². The van der Waals surface area contributed by atoms with Crippen molar-refractivity contribution in [1.82, 2.24) is 9.88 Å². The van der Waals surface area contributed by atoms with Gasteiger partial charge in [-0.15, -0.1) is 0 Å². The number of nitrogens with zero attached hydrogens (tertiary/aromatic N) is 2. The summed E-state index contributed by atoms with van der Waals surface area (Å²) in [4.78, 5) is 18.0. The van der Waals surface area contributed by atoms with E-state index in [0.717, 1.165) is 5.56 Å². The van der Waals surface area contributed by atoms with Crippen LogP contribution in [0.1, 0.15) is 35.7 Å². The standard InChI is InChI=1S/C15H19F3N2O2/c1-2-10-9-19-6-3-12(10)14(22)20-7-4-11(5-8-20)13(21)15(16,17)18/h3,6,9,11,13,21H,2,4-5,7-8H2,1H3. The quantitative estimate of drug-likeness (QED) is 0.932. The average molecular weight is 316 g/mol. The molecule has 1 aliphatic rings. The normalized spacial score (nSPS) is 18.3. The molecule has 0 radical (unpaired) electrons. The van der Waals surface area contributed by atoms with Crippen LogP contribution in [0.25, 0.3) is 0 Å². The van der Waals surface area contributed by atoms with Crippen molar-refractivity contribution < 1.29 is 23.1 Å². The fraction of sp³-hybridized carbons (Fsp3) is 0.600. The maximum absolute atomic E-state index is 12.5. The summed E-state index contributed by atoms with van der Waals surface area (Å²) >= 11 is 0. The molecule has 22 heavy (non-hydrogen) atoms. The van der Waals surface area contributed by atoms with E-state index in [-0.39, 0.29) is 31.8 Å². The first-order valence-electron chi connectivity index (χ1n) is 7.31. The molecule has 1 atom stereocenters. The van der Waals surface area contributed by atoms with E-state index >= 15 is 0 Å². The van der Waals surface area contributed by atoms with Crippen LogP contribution in [-0.2, 0) is 6.42 Å². The molecule has 2 rings (SSSR count). The first-order valence-corrected chi connectivity index (χ1v) is 7.31. The van der Waals surface area contributed by atoms with E-state index in [2.05, 4.69) is 4.98 Å². The monoisotopic (exact) mass is 316 g/mol. The number of pyridine rings is 1. The van der Waals surface area contributed by atoms with Gasteiger partial charge >= 0.3 is 6.18 Å². The number of hydrogen-bond acceptors (Lipinski definition) is 3. The van der Waals surface area contributed by atoms with Crippen LogP contribution in [0, 0.1) is 5.92 Å². The molecule has 1 amide bonds. The third kappa shape index (κ3) is 3.58. The Balaban J connectivity index is 2.01. The highest BCUT2D eigenvalue weighted by atomic mass is 19.4. The molecule has 2 heterocycles. The third-order valence-electron chi connectivity index (χ3n) is 4.12. The van der Waals surface area contributed by atoms with E-state index in [4.69, 9.17) is 0 Å². The van der Waals surface area contributed by atoms with Crippen LogP contribution >= 0.6 is 0 Å². The van der Waals surface area contributed by atoms with Crippen molar-refractivity contribution in [3.63, 3.8) is 0 Å². The highest BCUT2D eigenvalue weighted by molar-refractivity contribution is 5.95. The summed E-state index contributed by atoms with van der Waals surface area (Å²) < 4.78 is 37.5. The van der Waals surface area contributed by atoms with Crippen LogP contribution in [0.15, 0.2) is 18.5 Å². The first-order chi connectivity index (χ1) is 10.3. The molecule has 1 saturated heterocycles. The minimum absolute atomic E-state index is 0.152. The number of aromatic nitrogens is 1. The van der Waals surface area contributed by atoms with Crippen molar-refractivity contribution in [3.8, 4) is 0 Å². The Morgan fingerprint density at radius 1 is 1.45 bits per heavy atom. The minimum atomic E-state index is -4.60. The number of aryl methyl sites for hydroxylation is 1. The SMILES string of the molecule is CCc1cnccc1C(=O)N1CCC(C(O)C(F)(F)F)CC1. The summed E-state index contributed by atoms with van der Waals surface area (Å²) in [6, 6.07) is 1.64. The molecule has 1 aromatic heterocycles. The van der Waals surface area contributed by atoms with E-state index in [1.54, 1.807) is 17.2 Å². The predicted molar refractivity (Wildman–Crippen MR) is 74.3 cm³/mol. The highest BCUT2D eigenvalue weighted by Gasteiger charge is 2.44. The topological polar surface area (TPSA) is 53.4 Å². The van der Waals surface area contributed by atoms with Gasteiger partial charge in [-0.05, 0) is 36.8 Å². The zero-order valence-corrected chi connectivity index (χ0v) is 12.3. The van der Waals surface area contributed by atoms with Gasteiger partial charge in [0, 0.05) is 31.0 Å². The smallest absolute Gasteiger partial charge is 0.383 e. The van der Waals surface area contributed by atoms with Gasteiger partial charge in [0.15, 0.2) is 6.10 Å². The number of aliphatic hydroxyl groups excluding tert-OH is 1. The van der Waals surface area contributed by atoms with Gasteiger partial charge < -0.3 is 10.0 Å². The number of hydrogen-bond donors (Lipinski definition) is 1. The molecule has 0 aromatic carbocycles. The molecule has 1 N–H and O–H groups in total. The minimum Gasteiger partial charge on any atom is -0.383 e. The lowest BCUT2D eigenvalue weighted by Gasteiger charge is -2.35. The second-order valence-electron chi connectivity index (χ2n) is 5.50. The molecule has 1 fully saturated rings. The fourth-order valence-corrected chi connectivity index (χ4v) is 2.77. The molecule has 0 spiro atoms. The summed E-state index contributed by atoms with van der Waals surface area (Å²) in [5.74, 6) is -1.02. The van der Waals surface area contributed by atoms with Gasteiger partial charge in [0.2, 0.25) is 0 Å². The van der Waals surface area contributed by atoms with Crippen LogP contribution < -0.4 is 0 Å². The molecule has 7 heteroatoms. The third-order valence-corrected chi connectivity index (χ3v) is 4.12. The van der Waals surface area contributed by atoms with Crippen molar-refractivity contribution in [2.45, 2.75) is 38.5 Å². The van der Waals surface area contributed by atoms with Gasteiger partial charge in [-0.25, -0.2) is 0 Å². The lowest BCUT2D eigenvalue weighted by atomic mass is 9.90. The van der Waals surface area contributed by atoms with Gasteiger partial charge in [0.25, 0.3) is 5.91 Å². The van der Waals surface area contributed by atoms with Gasteiger partial charge in [-0.1, -0.05) is 6.92 Å². The number of halogens is 3. The molecule has 1 aliphatic heterocycles. The molecule has 0 bridgehead atoms. The molecule has 0 saturated carbocycles. The summed E-state index contributed by atoms with van der Waals surface area (Å²) in [7, 11) is 0. The Kier molecular flexibility index (Phi) is 5.05. The molecular weight excluding hydrogens is 297 g/mol. The van der Waals surface area contributed by atoms with Crippen molar-refractivity contribution in [3.05, 3.63) is 29.6 Å². The number of carbonyl (C=O) groups is 1.